The highest BCUT2D eigenvalue weighted by atomic mass is 35.5. The second-order valence-corrected chi connectivity index (χ2v) is 6.63. The van der Waals surface area contributed by atoms with E-state index in [0.717, 1.165) is 0 Å². The first-order valence-corrected chi connectivity index (χ1v) is 5.16. The van der Waals surface area contributed by atoms with E-state index in [1.807, 2.05) is 0 Å². The number of hydrogen-bond acceptors (Lipinski definition) is 1. The van der Waals surface area contributed by atoms with E-state index < -0.39 is 17.6 Å². The molecule has 0 rings (SSSR count). The van der Waals surface area contributed by atoms with E-state index in [1.54, 1.807) is 0 Å². The van der Waals surface area contributed by atoms with Gasteiger partial charge < -0.3 is 4.89 Å². The van der Waals surface area contributed by atoms with E-state index in [9.17, 15) is 4.57 Å². The van der Waals surface area contributed by atoms with E-state index in [4.69, 9.17) is 28.1 Å². The molecular weight excluding hydrogens is 182 g/mol. The van der Waals surface area contributed by atoms with Crippen molar-refractivity contribution >= 4 is 30.6 Å². The molecule has 0 saturated heterocycles. The molecule has 1 N–H and O–H groups in total. The van der Waals surface area contributed by atoms with Gasteiger partial charge in [0.15, 0.2) is 0 Å². The van der Waals surface area contributed by atoms with E-state index in [-0.39, 0.29) is 0 Å². The van der Waals surface area contributed by atoms with Crippen LogP contribution in [0.4, 0.5) is 0 Å². The van der Waals surface area contributed by atoms with E-state index in [1.165, 1.54) is 13.8 Å². The SMILES string of the molecule is CC(Cl)P(=O)(O)C(C)Cl. The zero-order chi connectivity index (χ0) is 7.65. The first-order chi connectivity index (χ1) is 3.89. The molecule has 0 saturated carbocycles. The lowest BCUT2D eigenvalue weighted by atomic mass is 10.9. The van der Waals surface area contributed by atoms with Crippen LogP contribution in [0.15, 0.2) is 0 Å². The Morgan fingerprint density at radius 1 is 1.33 bits per heavy atom. The maximum atomic E-state index is 10.9. The Balaban J connectivity index is 4.21. The molecule has 0 spiro atoms. The fraction of sp³-hybridized carbons (Fsp3) is 1.00. The normalized spacial score (nSPS) is 24.6. The van der Waals surface area contributed by atoms with Crippen LogP contribution < -0.4 is 0 Å². The van der Waals surface area contributed by atoms with Crippen LogP contribution >= 0.6 is 30.6 Å². The van der Waals surface area contributed by atoms with Crippen LogP contribution in [0.25, 0.3) is 0 Å². The Morgan fingerprint density at radius 2 is 1.56 bits per heavy atom. The van der Waals surface area contributed by atoms with Crippen molar-refractivity contribution in [2.75, 3.05) is 0 Å². The van der Waals surface area contributed by atoms with Gasteiger partial charge in [0.1, 0.15) is 10.2 Å². The lowest BCUT2D eigenvalue weighted by Crippen LogP contribution is -2.02. The maximum Gasteiger partial charge on any atom is 0.234 e. The number of rotatable bonds is 2. The minimum atomic E-state index is -3.31. The summed E-state index contributed by atoms with van der Waals surface area (Å²) in [6, 6.07) is 0. The molecule has 0 aromatic heterocycles. The first kappa shape index (κ1) is 9.77. The maximum absolute atomic E-state index is 10.9. The van der Waals surface area contributed by atoms with Crippen LogP contribution in [0.5, 0.6) is 0 Å². The van der Waals surface area contributed by atoms with Crippen molar-refractivity contribution in [3.05, 3.63) is 0 Å². The summed E-state index contributed by atoms with van der Waals surface area (Å²) in [6.07, 6.45) is 0. The van der Waals surface area contributed by atoms with Crippen LogP contribution in [0.3, 0.4) is 0 Å². The minimum absolute atomic E-state index is 0.759. The summed E-state index contributed by atoms with van der Waals surface area (Å²) in [5.41, 5.74) is 0. The van der Waals surface area contributed by atoms with Gasteiger partial charge in [-0.2, -0.15) is 0 Å². The third kappa shape index (κ3) is 2.46. The van der Waals surface area contributed by atoms with Gasteiger partial charge in [-0.3, -0.25) is 4.57 Å². The monoisotopic (exact) mass is 190 g/mol. The summed E-state index contributed by atoms with van der Waals surface area (Å²) in [5.74, 6) is 0. The van der Waals surface area contributed by atoms with E-state index in [0.29, 0.717) is 0 Å². The van der Waals surface area contributed by atoms with Crippen molar-refractivity contribution in [1.82, 2.24) is 0 Å². The molecular formula is C4H9Cl2O2P. The van der Waals surface area contributed by atoms with Crippen LogP contribution in [-0.4, -0.2) is 15.1 Å². The Morgan fingerprint density at radius 3 is 1.56 bits per heavy atom. The molecule has 2 unspecified atom stereocenters. The average Bonchev–Trinajstić information content (AvgIpc) is 1.65. The molecule has 0 aromatic carbocycles. The van der Waals surface area contributed by atoms with E-state index in [2.05, 4.69) is 0 Å². The molecule has 2 nitrogen and oxygen atoms in total. The van der Waals surface area contributed by atoms with Crippen LogP contribution in [0, 0.1) is 0 Å². The molecule has 5 heteroatoms. The Labute approximate surface area is 64.6 Å². The average molecular weight is 191 g/mol. The largest absolute Gasteiger partial charge is 0.342 e. The topological polar surface area (TPSA) is 37.3 Å². The number of hydrogen-bond donors (Lipinski definition) is 1. The van der Waals surface area contributed by atoms with Gasteiger partial charge in [0.2, 0.25) is 7.37 Å². The predicted molar refractivity (Wildman–Crippen MR) is 40.5 cm³/mol. The van der Waals surface area contributed by atoms with Crippen molar-refractivity contribution < 1.29 is 9.46 Å². The van der Waals surface area contributed by atoms with Gasteiger partial charge in [0.05, 0.1) is 0 Å². The quantitative estimate of drug-likeness (QED) is 0.537. The summed E-state index contributed by atoms with van der Waals surface area (Å²) < 4.78 is 10.9. The van der Waals surface area contributed by atoms with Crippen LogP contribution in [-0.2, 0) is 4.57 Å². The fourth-order valence-corrected chi connectivity index (χ4v) is 2.04. The summed E-state index contributed by atoms with van der Waals surface area (Å²) in [5, 5.41) is -1.52. The summed E-state index contributed by atoms with van der Waals surface area (Å²) >= 11 is 10.7. The Hall–Kier alpha value is 0.770. The molecule has 0 heterocycles. The minimum Gasteiger partial charge on any atom is -0.342 e. The van der Waals surface area contributed by atoms with E-state index >= 15 is 0 Å². The molecule has 2 atom stereocenters. The molecule has 0 bridgehead atoms. The Kier molecular flexibility index (Phi) is 3.52. The summed E-state index contributed by atoms with van der Waals surface area (Å²) in [6.45, 7) is 2.92. The first-order valence-electron chi connectivity index (χ1n) is 2.49. The van der Waals surface area contributed by atoms with Gasteiger partial charge in [0, 0.05) is 0 Å². The molecule has 0 amide bonds. The second kappa shape index (κ2) is 3.25. The van der Waals surface area contributed by atoms with Gasteiger partial charge in [-0.1, -0.05) is 0 Å². The molecule has 0 fully saturated rings. The summed E-state index contributed by atoms with van der Waals surface area (Å²) in [7, 11) is -3.31. The smallest absolute Gasteiger partial charge is 0.234 e. The lowest BCUT2D eigenvalue weighted by molar-refractivity contribution is 0.474. The van der Waals surface area contributed by atoms with Crippen LogP contribution in [0.1, 0.15) is 13.8 Å². The molecule has 0 aliphatic carbocycles. The molecule has 0 aliphatic rings. The molecule has 0 aromatic rings. The van der Waals surface area contributed by atoms with Gasteiger partial charge in [-0.05, 0) is 13.8 Å². The zero-order valence-corrected chi connectivity index (χ0v) is 7.62. The highest BCUT2D eigenvalue weighted by Gasteiger charge is 2.30. The van der Waals surface area contributed by atoms with Gasteiger partial charge in [0.25, 0.3) is 0 Å². The van der Waals surface area contributed by atoms with Crippen molar-refractivity contribution in [1.29, 1.82) is 0 Å². The standard InChI is InChI=1S/C4H9Cl2O2P/c1-3(5)9(7,8)4(2)6/h3-4H,1-2H3,(H,7,8). The molecule has 0 aliphatic heterocycles. The van der Waals surface area contributed by atoms with Crippen molar-refractivity contribution in [2.45, 2.75) is 24.1 Å². The summed E-state index contributed by atoms with van der Waals surface area (Å²) in [4.78, 5) is 8.96. The number of halogens is 2. The van der Waals surface area contributed by atoms with Crippen LogP contribution in [0.2, 0.25) is 0 Å². The van der Waals surface area contributed by atoms with Crippen molar-refractivity contribution in [2.24, 2.45) is 0 Å². The second-order valence-electron chi connectivity index (χ2n) is 1.82. The molecule has 9 heavy (non-hydrogen) atoms. The zero-order valence-electron chi connectivity index (χ0n) is 5.21. The van der Waals surface area contributed by atoms with Gasteiger partial charge in [-0.25, -0.2) is 0 Å². The molecule has 56 valence electrons. The molecule has 0 radical (unpaired) electrons. The Bertz CT molecular complexity index is 123. The van der Waals surface area contributed by atoms with Crippen molar-refractivity contribution in [3.8, 4) is 0 Å². The van der Waals surface area contributed by atoms with Gasteiger partial charge >= 0.3 is 0 Å². The highest BCUT2D eigenvalue weighted by molar-refractivity contribution is 7.62. The third-order valence-electron chi connectivity index (χ3n) is 1.02. The third-order valence-corrected chi connectivity index (χ3v) is 4.74. The van der Waals surface area contributed by atoms with Gasteiger partial charge in [-0.15, -0.1) is 23.2 Å². The highest BCUT2D eigenvalue weighted by Crippen LogP contribution is 2.54. The number of alkyl halides is 2. The lowest BCUT2D eigenvalue weighted by Gasteiger charge is -2.14. The fourth-order valence-electron chi connectivity index (χ4n) is 0.283. The van der Waals surface area contributed by atoms with Crippen molar-refractivity contribution in [3.63, 3.8) is 0 Å². The predicted octanol–water partition coefficient (Wildman–Crippen LogP) is 2.43.